The molecule has 2 atom stereocenters. The summed E-state index contributed by atoms with van der Waals surface area (Å²) in [4.78, 5) is 13.3. The number of aromatic nitrogens is 1. The van der Waals surface area contributed by atoms with Crippen molar-refractivity contribution in [1.82, 2.24) is 4.98 Å². The van der Waals surface area contributed by atoms with E-state index in [1.165, 1.54) is 12.1 Å². The van der Waals surface area contributed by atoms with Crippen LogP contribution in [0.25, 0.3) is 11.1 Å². The van der Waals surface area contributed by atoms with Crippen molar-refractivity contribution in [3.8, 4) is 0 Å². The molecular weight excluding hydrogens is 214 g/mol. The minimum atomic E-state index is -1.26. The fourth-order valence-electron chi connectivity index (χ4n) is 1.47. The van der Waals surface area contributed by atoms with Crippen LogP contribution < -0.4 is 5.76 Å². The molecule has 6 heteroatoms. The normalized spacial score (nSPS) is 15.2. The van der Waals surface area contributed by atoms with Crippen molar-refractivity contribution in [3.63, 3.8) is 0 Å². The molecule has 0 aliphatic carbocycles. The van der Waals surface area contributed by atoms with E-state index in [0.29, 0.717) is 16.7 Å². The van der Waals surface area contributed by atoms with Crippen LogP contribution in [0.3, 0.4) is 0 Å². The lowest BCUT2D eigenvalue weighted by atomic mass is 10.0. The summed E-state index contributed by atoms with van der Waals surface area (Å²) in [5, 5.41) is 27.6. The van der Waals surface area contributed by atoms with Gasteiger partial charge in [-0.2, -0.15) is 0 Å². The highest BCUT2D eigenvalue weighted by atomic mass is 16.4. The summed E-state index contributed by atoms with van der Waals surface area (Å²) in [7, 11) is 0. The van der Waals surface area contributed by atoms with Gasteiger partial charge in [0.05, 0.1) is 12.1 Å². The first-order chi connectivity index (χ1) is 7.61. The van der Waals surface area contributed by atoms with Gasteiger partial charge in [0.25, 0.3) is 0 Å². The lowest BCUT2D eigenvalue weighted by molar-refractivity contribution is -0.0152. The number of nitrogens with one attached hydrogen (secondary N) is 1. The molecule has 0 radical (unpaired) electrons. The van der Waals surface area contributed by atoms with Gasteiger partial charge < -0.3 is 19.7 Å². The van der Waals surface area contributed by atoms with Crippen LogP contribution in [0.5, 0.6) is 0 Å². The van der Waals surface area contributed by atoms with E-state index < -0.39 is 24.6 Å². The van der Waals surface area contributed by atoms with Gasteiger partial charge in [0.1, 0.15) is 12.2 Å². The Kier molecular flexibility index (Phi) is 2.78. The minimum absolute atomic E-state index is 0.298. The summed E-state index contributed by atoms with van der Waals surface area (Å²) >= 11 is 0. The van der Waals surface area contributed by atoms with Crippen molar-refractivity contribution in [1.29, 1.82) is 0 Å². The van der Waals surface area contributed by atoms with Crippen LogP contribution in [0, 0.1) is 0 Å². The monoisotopic (exact) mass is 225 g/mol. The van der Waals surface area contributed by atoms with Crippen molar-refractivity contribution < 1.29 is 19.7 Å². The Bertz CT molecular complexity index is 543. The van der Waals surface area contributed by atoms with E-state index in [4.69, 9.17) is 9.52 Å². The Morgan fingerprint density at radius 2 is 2.12 bits per heavy atom. The number of rotatable bonds is 3. The highest BCUT2D eigenvalue weighted by Crippen LogP contribution is 2.20. The molecule has 0 bridgehead atoms. The lowest BCUT2D eigenvalue weighted by Gasteiger charge is -2.15. The first-order valence-corrected chi connectivity index (χ1v) is 4.71. The fraction of sp³-hybridized carbons (Fsp3) is 0.300. The second-order valence-electron chi connectivity index (χ2n) is 3.46. The SMILES string of the molecule is O=c1[nH]c2ccc(C(O)C(O)CO)cc2o1. The number of aromatic amines is 1. The maximum Gasteiger partial charge on any atom is 0.417 e. The summed E-state index contributed by atoms with van der Waals surface area (Å²) in [6, 6.07) is 4.54. The van der Waals surface area contributed by atoms with Gasteiger partial charge in [-0.1, -0.05) is 6.07 Å². The van der Waals surface area contributed by atoms with E-state index in [2.05, 4.69) is 4.98 Å². The number of oxazole rings is 1. The molecule has 2 unspecified atom stereocenters. The molecule has 0 aliphatic heterocycles. The molecule has 1 heterocycles. The Morgan fingerprint density at radius 1 is 1.38 bits per heavy atom. The van der Waals surface area contributed by atoms with Gasteiger partial charge >= 0.3 is 5.76 Å². The Balaban J connectivity index is 2.42. The van der Waals surface area contributed by atoms with Crippen LogP contribution in [0.2, 0.25) is 0 Å². The van der Waals surface area contributed by atoms with Gasteiger partial charge in [-0.25, -0.2) is 4.79 Å². The molecule has 16 heavy (non-hydrogen) atoms. The van der Waals surface area contributed by atoms with Gasteiger partial charge in [-0.3, -0.25) is 4.98 Å². The van der Waals surface area contributed by atoms with Crippen LogP contribution in [-0.2, 0) is 0 Å². The average Bonchev–Trinajstić information content (AvgIpc) is 2.65. The molecule has 86 valence electrons. The fourth-order valence-corrected chi connectivity index (χ4v) is 1.47. The van der Waals surface area contributed by atoms with Crippen LogP contribution in [-0.4, -0.2) is 33.0 Å². The van der Waals surface area contributed by atoms with E-state index >= 15 is 0 Å². The first-order valence-electron chi connectivity index (χ1n) is 4.71. The summed E-state index contributed by atoms with van der Waals surface area (Å²) in [6.07, 6.45) is -2.47. The second-order valence-corrected chi connectivity index (χ2v) is 3.46. The predicted molar refractivity (Wildman–Crippen MR) is 54.9 cm³/mol. The molecule has 0 saturated heterocycles. The third-order valence-electron chi connectivity index (χ3n) is 2.34. The molecule has 0 fully saturated rings. The van der Waals surface area contributed by atoms with Crippen molar-refractivity contribution in [2.75, 3.05) is 6.61 Å². The number of hydrogen-bond acceptors (Lipinski definition) is 5. The lowest BCUT2D eigenvalue weighted by Crippen LogP contribution is -2.21. The van der Waals surface area contributed by atoms with Gasteiger partial charge in [0.15, 0.2) is 5.58 Å². The molecule has 1 aromatic carbocycles. The zero-order valence-electron chi connectivity index (χ0n) is 8.25. The second kappa shape index (κ2) is 4.09. The van der Waals surface area contributed by atoms with Crippen LogP contribution in [0.4, 0.5) is 0 Å². The average molecular weight is 225 g/mol. The Hall–Kier alpha value is -1.63. The molecule has 2 rings (SSSR count). The van der Waals surface area contributed by atoms with Gasteiger partial charge in [-0.05, 0) is 17.7 Å². The summed E-state index contributed by atoms with van der Waals surface area (Å²) in [5.41, 5.74) is 1.18. The smallest absolute Gasteiger partial charge is 0.408 e. The quantitative estimate of drug-likeness (QED) is 0.563. The highest BCUT2D eigenvalue weighted by molar-refractivity contribution is 5.72. The van der Waals surface area contributed by atoms with E-state index in [1.807, 2.05) is 0 Å². The van der Waals surface area contributed by atoms with Gasteiger partial charge in [0, 0.05) is 0 Å². The molecular formula is C10H11NO5. The van der Waals surface area contributed by atoms with Crippen LogP contribution >= 0.6 is 0 Å². The summed E-state index contributed by atoms with van der Waals surface area (Å²) in [5.74, 6) is -0.579. The van der Waals surface area contributed by atoms with E-state index in [9.17, 15) is 15.0 Å². The molecule has 0 saturated carbocycles. The minimum Gasteiger partial charge on any atom is -0.408 e. The van der Waals surface area contributed by atoms with Crippen molar-refractivity contribution >= 4 is 11.1 Å². The van der Waals surface area contributed by atoms with Crippen molar-refractivity contribution in [2.24, 2.45) is 0 Å². The molecule has 2 aromatic rings. The zero-order valence-corrected chi connectivity index (χ0v) is 8.25. The molecule has 4 N–H and O–H groups in total. The summed E-state index contributed by atoms with van der Waals surface area (Å²) in [6.45, 7) is -0.545. The van der Waals surface area contributed by atoms with Crippen LogP contribution in [0.1, 0.15) is 11.7 Å². The predicted octanol–water partition coefficient (Wildman–Crippen LogP) is -0.492. The largest absolute Gasteiger partial charge is 0.417 e. The van der Waals surface area contributed by atoms with E-state index in [0.717, 1.165) is 0 Å². The standard InChI is InChI=1S/C10H11NO5/c12-4-7(13)9(14)5-1-2-6-8(3-5)16-10(15)11-6/h1-3,7,9,12-14H,4H2,(H,11,15). The van der Waals surface area contributed by atoms with Crippen LogP contribution in [0.15, 0.2) is 27.4 Å². The number of aliphatic hydroxyl groups excluding tert-OH is 3. The topological polar surface area (TPSA) is 107 Å². The van der Waals surface area contributed by atoms with Crippen molar-refractivity contribution in [2.45, 2.75) is 12.2 Å². The van der Waals surface area contributed by atoms with E-state index in [1.54, 1.807) is 6.07 Å². The molecule has 1 aromatic heterocycles. The molecule has 0 spiro atoms. The molecule has 0 amide bonds. The maximum atomic E-state index is 10.9. The number of fused-ring (bicyclic) bond motifs is 1. The highest BCUT2D eigenvalue weighted by Gasteiger charge is 2.18. The third-order valence-corrected chi connectivity index (χ3v) is 2.34. The van der Waals surface area contributed by atoms with Crippen molar-refractivity contribution in [3.05, 3.63) is 34.3 Å². The Morgan fingerprint density at radius 3 is 2.81 bits per heavy atom. The zero-order chi connectivity index (χ0) is 11.7. The molecule has 0 aliphatic rings. The van der Waals surface area contributed by atoms with Gasteiger partial charge in [-0.15, -0.1) is 0 Å². The third kappa shape index (κ3) is 1.85. The van der Waals surface area contributed by atoms with E-state index in [-0.39, 0.29) is 0 Å². The number of benzene rings is 1. The first kappa shape index (κ1) is 10.9. The number of H-pyrrole nitrogens is 1. The Labute approximate surface area is 89.8 Å². The molecule has 6 nitrogen and oxygen atoms in total. The maximum absolute atomic E-state index is 10.9. The number of aliphatic hydroxyl groups is 3. The summed E-state index contributed by atoms with van der Waals surface area (Å²) < 4.78 is 4.81. The van der Waals surface area contributed by atoms with Gasteiger partial charge in [0.2, 0.25) is 0 Å². The number of hydrogen-bond donors (Lipinski definition) is 4.